The van der Waals surface area contributed by atoms with E-state index in [1.54, 1.807) is 18.2 Å². The summed E-state index contributed by atoms with van der Waals surface area (Å²) in [6.07, 6.45) is 1.84. The van der Waals surface area contributed by atoms with Crippen molar-refractivity contribution in [1.29, 1.82) is 5.26 Å². The van der Waals surface area contributed by atoms with Gasteiger partial charge in [-0.25, -0.2) is 23.3 Å². The Labute approximate surface area is 199 Å². The van der Waals surface area contributed by atoms with Gasteiger partial charge >= 0.3 is 0 Å². The number of halogens is 2. The minimum Gasteiger partial charge on any atom is -0.387 e. The molecule has 0 saturated heterocycles. The van der Waals surface area contributed by atoms with Crippen molar-refractivity contribution in [2.45, 2.75) is 25.6 Å². The van der Waals surface area contributed by atoms with E-state index in [0.29, 0.717) is 16.8 Å². The van der Waals surface area contributed by atoms with Gasteiger partial charge in [-0.3, -0.25) is 4.79 Å². The number of nitrogens with two attached hydrogens (primary N) is 1. The summed E-state index contributed by atoms with van der Waals surface area (Å²) < 4.78 is 31.0. The Hall–Kier alpha value is -4.43. The fourth-order valence-electron chi connectivity index (χ4n) is 3.46. The van der Waals surface area contributed by atoms with Crippen LogP contribution in [0.2, 0.25) is 0 Å². The summed E-state index contributed by atoms with van der Waals surface area (Å²) in [4.78, 5) is 21.3. The van der Waals surface area contributed by atoms with Crippen LogP contribution in [0.1, 0.15) is 29.8 Å². The fourth-order valence-corrected chi connectivity index (χ4v) is 3.46. The predicted molar refractivity (Wildman–Crippen MR) is 124 cm³/mol. The molecule has 35 heavy (non-hydrogen) atoms. The highest BCUT2D eigenvalue weighted by Gasteiger charge is 2.31. The van der Waals surface area contributed by atoms with Gasteiger partial charge in [0.25, 0.3) is 0 Å². The van der Waals surface area contributed by atoms with Crippen LogP contribution in [0.5, 0.6) is 0 Å². The number of nitrogens with zero attached hydrogens (tertiary/aromatic N) is 6. The van der Waals surface area contributed by atoms with Crippen molar-refractivity contribution in [1.82, 2.24) is 19.6 Å². The van der Waals surface area contributed by atoms with E-state index in [-0.39, 0.29) is 29.3 Å². The molecule has 0 radical (unpaired) electrons. The normalized spacial score (nSPS) is 12.3. The molecule has 3 N–H and O–H groups in total. The monoisotopic (exact) mass is 477 g/mol. The summed E-state index contributed by atoms with van der Waals surface area (Å²) in [5, 5.41) is 23.6. The molecule has 178 valence electrons. The van der Waals surface area contributed by atoms with Crippen LogP contribution in [0.15, 0.2) is 55.0 Å². The summed E-state index contributed by atoms with van der Waals surface area (Å²) in [5.41, 5.74) is 5.40. The minimum absolute atomic E-state index is 0.142. The molecule has 9 nitrogen and oxygen atoms in total. The van der Waals surface area contributed by atoms with Crippen molar-refractivity contribution in [3.05, 3.63) is 71.9 Å². The van der Waals surface area contributed by atoms with Crippen LogP contribution in [-0.4, -0.2) is 48.9 Å². The van der Waals surface area contributed by atoms with Gasteiger partial charge in [0.1, 0.15) is 29.7 Å². The number of hydrogen-bond acceptors (Lipinski definition) is 7. The van der Waals surface area contributed by atoms with Gasteiger partial charge < -0.3 is 15.7 Å². The molecule has 1 atom stereocenters. The number of hydrogen-bond donors (Lipinski definition) is 2. The van der Waals surface area contributed by atoms with Crippen molar-refractivity contribution in [2.75, 3.05) is 11.4 Å². The first-order valence-electron chi connectivity index (χ1n) is 10.5. The topological polar surface area (TPSA) is 133 Å². The molecular formula is C24H21F2N7O2. The van der Waals surface area contributed by atoms with Crippen LogP contribution in [0, 0.1) is 17.1 Å². The third-order valence-electron chi connectivity index (χ3n) is 5.41. The van der Waals surface area contributed by atoms with E-state index >= 15 is 4.39 Å². The second-order valence-corrected chi connectivity index (χ2v) is 8.44. The molecule has 4 aromatic rings. The summed E-state index contributed by atoms with van der Waals surface area (Å²) in [5.74, 6) is -0.978. The number of nitriles is 1. The first-order chi connectivity index (χ1) is 16.6. The van der Waals surface area contributed by atoms with E-state index in [1.165, 1.54) is 53.9 Å². The van der Waals surface area contributed by atoms with Crippen LogP contribution in [0.25, 0.3) is 16.8 Å². The highest BCUT2D eigenvalue weighted by molar-refractivity contribution is 5.92. The summed E-state index contributed by atoms with van der Waals surface area (Å²) in [6.45, 7) is 2.28. The van der Waals surface area contributed by atoms with Gasteiger partial charge in [0.15, 0.2) is 0 Å². The molecule has 0 spiro atoms. The Balaban J connectivity index is 1.90. The summed E-state index contributed by atoms with van der Waals surface area (Å²) in [7, 11) is 0. The van der Waals surface area contributed by atoms with E-state index in [9.17, 15) is 14.3 Å². The maximum atomic E-state index is 15.1. The second kappa shape index (κ2) is 9.08. The van der Waals surface area contributed by atoms with Crippen LogP contribution >= 0.6 is 0 Å². The van der Waals surface area contributed by atoms with Gasteiger partial charge in [0, 0.05) is 11.8 Å². The number of aromatic nitrogens is 4. The zero-order chi connectivity index (χ0) is 25.3. The third-order valence-corrected chi connectivity index (χ3v) is 5.41. The van der Waals surface area contributed by atoms with Crippen LogP contribution in [0.4, 0.5) is 20.4 Å². The third kappa shape index (κ3) is 4.78. The number of carbonyl (C=O) groups is 1. The maximum Gasteiger partial charge on any atom is 0.250 e. The molecule has 0 fully saturated rings. The van der Waals surface area contributed by atoms with Crippen LogP contribution in [0.3, 0.4) is 0 Å². The quantitative estimate of drug-likeness (QED) is 0.418. The smallest absolute Gasteiger partial charge is 0.250 e. The molecule has 1 amide bonds. The van der Waals surface area contributed by atoms with Gasteiger partial charge in [0.2, 0.25) is 5.91 Å². The van der Waals surface area contributed by atoms with Crippen molar-refractivity contribution in [3.63, 3.8) is 0 Å². The Kier molecular flexibility index (Phi) is 6.15. The molecule has 0 bridgehead atoms. The standard InChI is InChI=1S/C24H21F2N7O2/c1-24(2,35)20(26)13-32(21-6-3-15(11-29-21)22(28)34)23-18(8-16(25)12-30-23)19-5-4-17-7-14(9-27)10-31-33(17)19/h3-8,10-12,20,35H,13H2,1-2H3,(H2,28,34)/t20-/m1/s1. The first kappa shape index (κ1) is 23.7. The molecule has 4 heterocycles. The number of carbonyl (C=O) groups excluding carboxylic acids is 1. The number of anilines is 2. The van der Waals surface area contributed by atoms with E-state index < -0.39 is 23.5 Å². The molecule has 0 aliphatic carbocycles. The molecule has 0 aromatic carbocycles. The van der Waals surface area contributed by atoms with Gasteiger partial charge in [-0.05, 0) is 50.2 Å². The summed E-state index contributed by atoms with van der Waals surface area (Å²) >= 11 is 0. The average molecular weight is 477 g/mol. The predicted octanol–water partition coefficient (Wildman–Crippen LogP) is 3.15. The molecule has 11 heteroatoms. The van der Waals surface area contributed by atoms with Gasteiger partial charge in [0.05, 0.1) is 46.9 Å². The fraction of sp³-hybridized carbons (Fsp3) is 0.208. The second-order valence-electron chi connectivity index (χ2n) is 8.44. The minimum atomic E-state index is -1.75. The number of alkyl halides is 1. The van der Waals surface area contributed by atoms with Crippen molar-refractivity contribution < 1.29 is 18.7 Å². The largest absolute Gasteiger partial charge is 0.387 e. The Bertz CT molecular complexity index is 1440. The SMILES string of the molecule is CC(C)(O)[C@H](F)CN(c1ccc(C(N)=O)cn1)c1ncc(F)cc1-c1ccc2cc(C#N)cnn12. The van der Waals surface area contributed by atoms with Crippen molar-refractivity contribution >= 4 is 23.1 Å². The van der Waals surface area contributed by atoms with E-state index in [1.807, 2.05) is 6.07 Å². The molecule has 0 unspecified atom stereocenters. The zero-order valence-corrected chi connectivity index (χ0v) is 18.9. The lowest BCUT2D eigenvalue weighted by Gasteiger charge is -2.30. The lowest BCUT2D eigenvalue weighted by atomic mass is 10.0. The van der Waals surface area contributed by atoms with Crippen LogP contribution in [-0.2, 0) is 0 Å². The van der Waals surface area contributed by atoms with E-state index in [0.717, 1.165) is 6.20 Å². The average Bonchev–Trinajstić information content (AvgIpc) is 3.25. The number of aliphatic hydroxyl groups is 1. The highest BCUT2D eigenvalue weighted by Crippen LogP contribution is 2.35. The number of amides is 1. The number of fused-ring (bicyclic) bond motifs is 1. The Morgan fingerprint density at radius 1 is 1.23 bits per heavy atom. The molecule has 0 aliphatic rings. The maximum absolute atomic E-state index is 15.1. The Morgan fingerprint density at radius 2 is 2.00 bits per heavy atom. The molecule has 0 aliphatic heterocycles. The number of primary amides is 1. The lowest BCUT2D eigenvalue weighted by molar-refractivity contribution is 0.00137. The zero-order valence-electron chi connectivity index (χ0n) is 18.9. The van der Waals surface area contributed by atoms with Gasteiger partial charge in [-0.1, -0.05) is 0 Å². The van der Waals surface area contributed by atoms with Crippen LogP contribution < -0.4 is 10.6 Å². The lowest BCUT2D eigenvalue weighted by Crippen LogP contribution is -2.41. The van der Waals surface area contributed by atoms with Crippen molar-refractivity contribution in [3.8, 4) is 17.3 Å². The van der Waals surface area contributed by atoms with Gasteiger partial charge in [-0.15, -0.1) is 0 Å². The van der Waals surface area contributed by atoms with E-state index in [4.69, 9.17) is 11.0 Å². The van der Waals surface area contributed by atoms with Crippen molar-refractivity contribution in [2.24, 2.45) is 5.73 Å². The number of rotatable bonds is 7. The molecule has 4 rings (SSSR count). The molecule has 0 saturated carbocycles. The van der Waals surface area contributed by atoms with Gasteiger partial charge in [-0.2, -0.15) is 10.4 Å². The highest BCUT2D eigenvalue weighted by atomic mass is 19.1. The summed E-state index contributed by atoms with van der Waals surface area (Å²) in [6, 6.07) is 11.1. The molecule has 4 aromatic heterocycles. The van der Waals surface area contributed by atoms with E-state index in [2.05, 4.69) is 15.1 Å². The Morgan fingerprint density at radius 3 is 2.63 bits per heavy atom. The number of pyridine rings is 2. The molecular weight excluding hydrogens is 456 g/mol. The first-order valence-corrected chi connectivity index (χ1v) is 10.5.